The Morgan fingerprint density at radius 3 is 2.63 bits per heavy atom. The van der Waals surface area contributed by atoms with E-state index in [1.165, 1.54) is 12.1 Å². The molecule has 0 spiro atoms. The van der Waals surface area contributed by atoms with E-state index in [1.54, 1.807) is 12.1 Å². The summed E-state index contributed by atoms with van der Waals surface area (Å²) in [4.78, 5) is 15.5. The van der Waals surface area contributed by atoms with E-state index in [2.05, 4.69) is 20.5 Å². The summed E-state index contributed by atoms with van der Waals surface area (Å²) >= 11 is 0. The quantitative estimate of drug-likeness (QED) is 0.728. The van der Waals surface area contributed by atoms with Gasteiger partial charge in [0.25, 0.3) is 5.91 Å². The number of nitrogens with one attached hydrogen (secondary N) is 2. The van der Waals surface area contributed by atoms with Crippen molar-refractivity contribution in [1.82, 2.24) is 15.2 Å². The topological polar surface area (TPSA) is 131 Å². The van der Waals surface area contributed by atoms with Gasteiger partial charge in [-0.25, -0.2) is 8.42 Å². The molecule has 0 saturated carbocycles. The van der Waals surface area contributed by atoms with Gasteiger partial charge in [0.2, 0.25) is 11.8 Å². The Bertz CT molecular complexity index is 722. The lowest BCUT2D eigenvalue weighted by Gasteiger charge is -2.07. The first kappa shape index (κ1) is 13.0. The minimum Gasteiger partial charge on any atom is -0.366 e. The second kappa shape index (κ2) is 4.69. The number of H-pyrrole nitrogens is 1. The first-order valence-electron chi connectivity index (χ1n) is 5.16. The number of aromatic nitrogens is 3. The molecule has 4 N–H and O–H groups in total. The normalized spacial score (nSPS) is 11.2. The maximum Gasteiger partial charge on any atom is 0.293 e. The molecule has 0 radical (unpaired) electrons. The number of para-hydroxylation sites is 1. The van der Waals surface area contributed by atoms with E-state index >= 15 is 0 Å². The fraction of sp³-hybridized carbons (Fsp3) is 0.100. The lowest BCUT2D eigenvalue weighted by atomic mass is 10.3. The molecule has 2 aromatic rings. The van der Waals surface area contributed by atoms with Crippen molar-refractivity contribution in [2.24, 2.45) is 0 Å². The first-order chi connectivity index (χ1) is 8.88. The molecule has 1 aromatic carbocycles. The van der Waals surface area contributed by atoms with Crippen molar-refractivity contribution in [1.29, 1.82) is 0 Å². The molecule has 0 fully saturated rings. The number of hydrogen-bond donors (Lipinski definition) is 3. The Hall–Kier alpha value is -2.42. The molecule has 0 aliphatic heterocycles. The summed E-state index contributed by atoms with van der Waals surface area (Å²) < 4.78 is 23.1. The van der Waals surface area contributed by atoms with Crippen molar-refractivity contribution in [3.63, 3.8) is 0 Å². The van der Waals surface area contributed by atoms with E-state index in [-0.39, 0.29) is 22.4 Å². The number of nitrogen functional groups attached to an aromatic ring is 1. The van der Waals surface area contributed by atoms with Gasteiger partial charge in [0, 0.05) is 6.26 Å². The predicted molar refractivity (Wildman–Crippen MR) is 68.3 cm³/mol. The Labute approximate surface area is 109 Å². The summed E-state index contributed by atoms with van der Waals surface area (Å²) in [5.41, 5.74) is 5.45. The summed E-state index contributed by atoms with van der Waals surface area (Å²) in [6.45, 7) is 0. The van der Waals surface area contributed by atoms with Gasteiger partial charge in [-0.1, -0.05) is 12.1 Å². The molecule has 0 aliphatic rings. The Morgan fingerprint density at radius 2 is 2.05 bits per heavy atom. The number of amides is 1. The molecule has 0 aliphatic carbocycles. The molecule has 1 amide bonds. The smallest absolute Gasteiger partial charge is 0.293 e. The van der Waals surface area contributed by atoms with Gasteiger partial charge >= 0.3 is 0 Å². The van der Waals surface area contributed by atoms with Crippen molar-refractivity contribution in [2.45, 2.75) is 4.90 Å². The van der Waals surface area contributed by atoms with Gasteiger partial charge in [-0.05, 0) is 12.1 Å². The van der Waals surface area contributed by atoms with E-state index in [0.717, 1.165) is 6.26 Å². The van der Waals surface area contributed by atoms with Crippen molar-refractivity contribution in [3.05, 3.63) is 30.1 Å². The van der Waals surface area contributed by atoms with Crippen LogP contribution in [0.1, 0.15) is 10.6 Å². The van der Waals surface area contributed by atoms with Crippen LogP contribution in [0, 0.1) is 0 Å². The molecule has 1 aromatic heterocycles. The SMILES string of the molecule is CS(=O)(=O)c1ccccc1NC(=O)c1nc(N)n[nH]1. The molecule has 0 saturated heterocycles. The number of sulfone groups is 1. The highest BCUT2D eigenvalue weighted by Crippen LogP contribution is 2.20. The highest BCUT2D eigenvalue weighted by Gasteiger charge is 2.17. The van der Waals surface area contributed by atoms with Crippen LogP contribution in [-0.4, -0.2) is 35.8 Å². The molecule has 8 nitrogen and oxygen atoms in total. The van der Waals surface area contributed by atoms with Gasteiger partial charge < -0.3 is 11.1 Å². The van der Waals surface area contributed by atoms with E-state index in [1.807, 2.05) is 0 Å². The second-order valence-electron chi connectivity index (χ2n) is 3.76. The van der Waals surface area contributed by atoms with Crippen LogP contribution in [0.25, 0.3) is 0 Å². The van der Waals surface area contributed by atoms with Crippen LogP contribution in [0.5, 0.6) is 0 Å². The van der Waals surface area contributed by atoms with Crippen LogP contribution in [0.15, 0.2) is 29.2 Å². The number of carbonyl (C=O) groups is 1. The zero-order valence-corrected chi connectivity index (χ0v) is 10.7. The van der Waals surface area contributed by atoms with E-state index in [4.69, 9.17) is 5.73 Å². The Balaban J connectivity index is 2.32. The molecular formula is C10H11N5O3S. The predicted octanol–water partition coefficient (Wildman–Crippen LogP) is 0.0427. The van der Waals surface area contributed by atoms with Crippen LogP contribution < -0.4 is 11.1 Å². The largest absolute Gasteiger partial charge is 0.366 e. The average molecular weight is 281 g/mol. The molecule has 9 heteroatoms. The number of aromatic amines is 1. The van der Waals surface area contributed by atoms with Gasteiger partial charge in [0.1, 0.15) is 0 Å². The monoisotopic (exact) mass is 281 g/mol. The summed E-state index contributed by atoms with van der Waals surface area (Å²) in [6.07, 6.45) is 1.06. The van der Waals surface area contributed by atoms with Crippen LogP contribution in [0.3, 0.4) is 0 Å². The van der Waals surface area contributed by atoms with Crippen LogP contribution in [0.2, 0.25) is 0 Å². The fourth-order valence-corrected chi connectivity index (χ4v) is 2.30. The van der Waals surface area contributed by atoms with Crippen LogP contribution in [0.4, 0.5) is 11.6 Å². The van der Waals surface area contributed by atoms with Gasteiger partial charge in [0.15, 0.2) is 9.84 Å². The van der Waals surface area contributed by atoms with Crippen molar-refractivity contribution >= 4 is 27.4 Å². The van der Waals surface area contributed by atoms with Crippen molar-refractivity contribution in [2.75, 3.05) is 17.3 Å². The van der Waals surface area contributed by atoms with Gasteiger partial charge in [-0.2, -0.15) is 4.98 Å². The molecular weight excluding hydrogens is 270 g/mol. The molecule has 1 heterocycles. The third kappa shape index (κ3) is 2.88. The number of rotatable bonds is 3. The number of carbonyl (C=O) groups excluding carboxylic acids is 1. The number of anilines is 2. The highest BCUT2D eigenvalue weighted by molar-refractivity contribution is 7.90. The maximum absolute atomic E-state index is 11.8. The number of nitrogens with zero attached hydrogens (tertiary/aromatic N) is 2. The van der Waals surface area contributed by atoms with E-state index in [0.29, 0.717) is 0 Å². The molecule has 0 atom stereocenters. The minimum atomic E-state index is -3.44. The number of nitrogens with two attached hydrogens (primary N) is 1. The maximum atomic E-state index is 11.8. The fourth-order valence-electron chi connectivity index (χ4n) is 1.45. The third-order valence-electron chi connectivity index (χ3n) is 2.25. The lowest BCUT2D eigenvalue weighted by Crippen LogP contribution is -2.16. The summed E-state index contributed by atoms with van der Waals surface area (Å²) in [5, 5.41) is 8.29. The minimum absolute atomic E-state index is 0.0239. The number of benzene rings is 1. The van der Waals surface area contributed by atoms with Gasteiger partial charge in [0.05, 0.1) is 10.6 Å². The zero-order chi connectivity index (χ0) is 14.0. The summed E-state index contributed by atoms with van der Waals surface area (Å²) in [7, 11) is -3.44. The molecule has 100 valence electrons. The second-order valence-corrected chi connectivity index (χ2v) is 5.75. The van der Waals surface area contributed by atoms with Crippen LogP contribution in [-0.2, 0) is 9.84 Å². The Morgan fingerprint density at radius 1 is 1.37 bits per heavy atom. The van der Waals surface area contributed by atoms with Gasteiger partial charge in [-0.3, -0.25) is 9.89 Å². The van der Waals surface area contributed by atoms with Crippen LogP contribution >= 0.6 is 0 Å². The highest BCUT2D eigenvalue weighted by atomic mass is 32.2. The Kier molecular flexibility index (Phi) is 3.21. The third-order valence-corrected chi connectivity index (χ3v) is 3.41. The molecule has 19 heavy (non-hydrogen) atoms. The lowest BCUT2D eigenvalue weighted by molar-refractivity contribution is 0.101. The summed E-state index contributed by atoms with van der Waals surface area (Å²) in [6, 6.07) is 6.06. The summed E-state index contributed by atoms with van der Waals surface area (Å²) in [5.74, 6) is -0.789. The number of hydrogen-bond acceptors (Lipinski definition) is 6. The molecule has 2 rings (SSSR count). The van der Waals surface area contributed by atoms with Crippen molar-refractivity contribution in [3.8, 4) is 0 Å². The molecule has 0 bridgehead atoms. The van der Waals surface area contributed by atoms with E-state index < -0.39 is 15.7 Å². The zero-order valence-electron chi connectivity index (χ0n) is 9.91. The van der Waals surface area contributed by atoms with E-state index in [9.17, 15) is 13.2 Å². The first-order valence-corrected chi connectivity index (χ1v) is 7.05. The average Bonchev–Trinajstić information content (AvgIpc) is 2.75. The van der Waals surface area contributed by atoms with Crippen molar-refractivity contribution < 1.29 is 13.2 Å². The van der Waals surface area contributed by atoms with Gasteiger partial charge in [-0.15, -0.1) is 5.10 Å². The standard InChI is InChI=1S/C10H11N5O3S/c1-19(17,18)7-5-3-2-4-6(7)12-9(16)8-13-10(11)15-14-8/h2-5H,1H3,(H,12,16)(H3,11,13,14,15). The molecule has 0 unspecified atom stereocenters.